The number of fused-ring (bicyclic) bond motifs is 1. The van der Waals surface area contributed by atoms with Crippen LogP contribution in [0.1, 0.15) is 12.1 Å². The highest BCUT2D eigenvalue weighted by Crippen LogP contribution is 2.37. The Bertz CT molecular complexity index is 832. The second kappa shape index (κ2) is 7.32. The second-order valence-corrected chi connectivity index (χ2v) is 5.65. The molecular formula is C20H22N2O2. The number of ether oxygens (including phenoxy) is 2. The highest BCUT2D eigenvalue weighted by Gasteiger charge is 2.14. The Morgan fingerprint density at radius 1 is 1.04 bits per heavy atom. The van der Waals surface area contributed by atoms with Crippen molar-refractivity contribution in [1.82, 2.24) is 4.98 Å². The Morgan fingerprint density at radius 3 is 2.54 bits per heavy atom. The largest absolute Gasteiger partial charge is 0.497 e. The van der Waals surface area contributed by atoms with Crippen molar-refractivity contribution in [2.75, 3.05) is 20.3 Å². The normalized spacial score (nSPS) is 10.8. The summed E-state index contributed by atoms with van der Waals surface area (Å²) in [5.74, 6) is 1.47. The van der Waals surface area contributed by atoms with Crippen molar-refractivity contribution in [2.24, 2.45) is 5.73 Å². The number of aromatic nitrogens is 1. The summed E-state index contributed by atoms with van der Waals surface area (Å²) in [6.45, 7) is 3.18. The van der Waals surface area contributed by atoms with Gasteiger partial charge in [-0.1, -0.05) is 30.3 Å². The molecule has 0 fully saturated rings. The molecule has 0 saturated heterocycles. The van der Waals surface area contributed by atoms with E-state index < -0.39 is 0 Å². The molecule has 0 aliphatic rings. The second-order valence-electron chi connectivity index (χ2n) is 5.65. The van der Waals surface area contributed by atoms with E-state index >= 15 is 0 Å². The number of pyridine rings is 1. The first-order valence-electron chi connectivity index (χ1n) is 8.11. The maximum Gasteiger partial charge on any atom is 0.221 e. The van der Waals surface area contributed by atoms with E-state index in [9.17, 15) is 0 Å². The zero-order valence-corrected chi connectivity index (χ0v) is 14.1. The summed E-state index contributed by atoms with van der Waals surface area (Å²) in [6, 6.07) is 16.3. The first-order valence-corrected chi connectivity index (χ1v) is 8.11. The number of benzene rings is 2. The molecule has 0 atom stereocenters. The number of hydrogen-bond donors (Lipinski definition) is 1. The van der Waals surface area contributed by atoms with Gasteiger partial charge in [-0.05, 0) is 43.7 Å². The number of methoxy groups -OCH3 is 1. The number of nitrogens with zero attached hydrogens (tertiary/aromatic N) is 1. The van der Waals surface area contributed by atoms with Gasteiger partial charge in [-0.3, -0.25) is 0 Å². The number of rotatable bonds is 6. The number of aryl methyl sites for hydroxylation is 1. The van der Waals surface area contributed by atoms with Gasteiger partial charge in [-0.2, -0.15) is 0 Å². The van der Waals surface area contributed by atoms with E-state index in [-0.39, 0.29) is 0 Å². The summed E-state index contributed by atoms with van der Waals surface area (Å²) < 4.78 is 11.3. The molecular weight excluding hydrogens is 300 g/mol. The molecule has 0 aliphatic heterocycles. The maximum absolute atomic E-state index is 5.87. The lowest BCUT2D eigenvalue weighted by molar-refractivity contribution is 0.305. The molecule has 3 aromatic rings. The third-order valence-corrected chi connectivity index (χ3v) is 4.01. The van der Waals surface area contributed by atoms with Gasteiger partial charge in [-0.15, -0.1) is 0 Å². The van der Waals surface area contributed by atoms with Crippen LogP contribution in [0.25, 0.3) is 21.9 Å². The molecule has 0 amide bonds. The molecule has 2 aromatic carbocycles. The highest BCUT2D eigenvalue weighted by molar-refractivity contribution is 6.00. The third kappa shape index (κ3) is 3.19. The van der Waals surface area contributed by atoms with E-state index in [0.717, 1.165) is 39.8 Å². The summed E-state index contributed by atoms with van der Waals surface area (Å²) in [5.41, 5.74) is 8.73. The number of hydrogen-bond acceptors (Lipinski definition) is 4. The van der Waals surface area contributed by atoms with E-state index in [2.05, 4.69) is 12.1 Å². The van der Waals surface area contributed by atoms with Crippen molar-refractivity contribution in [3.05, 3.63) is 54.2 Å². The average molecular weight is 322 g/mol. The lowest BCUT2D eigenvalue weighted by Crippen LogP contribution is -2.07. The molecule has 2 N–H and O–H groups in total. The SMILES string of the molecule is COc1ccc2c(OCCCN)nc(C)c(-c3ccccc3)c2c1. The van der Waals surface area contributed by atoms with Gasteiger partial charge in [0.2, 0.25) is 5.88 Å². The van der Waals surface area contributed by atoms with Gasteiger partial charge in [0.15, 0.2) is 0 Å². The van der Waals surface area contributed by atoms with Crippen molar-refractivity contribution < 1.29 is 9.47 Å². The van der Waals surface area contributed by atoms with Crippen molar-refractivity contribution in [2.45, 2.75) is 13.3 Å². The van der Waals surface area contributed by atoms with Gasteiger partial charge in [0.1, 0.15) is 5.75 Å². The Kier molecular flexibility index (Phi) is 4.96. The van der Waals surface area contributed by atoms with Crippen molar-refractivity contribution >= 4 is 10.8 Å². The van der Waals surface area contributed by atoms with Crippen LogP contribution in [-0.2, 0) is 0 Å². The van der Waals surface area contributed by atoms with Gasteiger partial charge >= 0.3 is 0 Å². The van der Waals surface area contributed by atoms with E-state index in [1.807, 2.05) is 43.3 Å². The quantitative estimate of drug-likeness (QED) is 0.698. The Balaban J connectivity index is 2.20. The summed E-state index contributed by atoms with van der Waals surface area (Å²) in [5, 5.41) is 2.06. The smallest absolute Gasteiger partial charge is 0.221 e. The summed E-state index contributed by atoms with van der Waals surface area (Å²) in [4.78, 5) is 4.70. The molecule has 1 aromatic heterocycles. The Morgan fingerprint density at radius 2 is 1.83 bits per heavy atom. The third-order valence-electron chi connectivity index (χ3n) is 4.01. The lowest BCUT2D eigenvalue weighted by Gasteiger charge is -2.15. The van der Waals surface area contributed by atoms with E-state index in [1.165, 1.54) is 0 Å². The van der Waals surface area contributed by atoms with Gasteiger partial charge < -0.3 is 15.2 Å². The monoisotopic (exact) mass is 322 g/mol. The molecule has 4 heteroatoms. The van der Waals surface area contributed by atoms with Crippen LogP contribution in [-0.4, -0.2) is 25.2 Å². The molecule has 3 rings (SSSR count). The Labute approximate surface area is 142 Å². The average Bonchev–Trinajstić information content (AvgIpc) is 2.62. The van der Waals surface area contributed by atoms with Gasteiger partial charge in [0.05, 0.1) is 13.7 Å². The van der Waals surface area contributed by atoms with Crippen LogP contribution < -0.4 is 15.2 Å². The molecule has 4 nitrogen and oxygen atoms in total. The zero-order valence-electron chi connectivity index (χ0n) is 14.1. The molecule has 0 unspecified atom stereocenters. The van der Waals surface area contributed by atoms with Crippen molar-refractivity contribution in [1.29, 1.82) is 0 Å². The first kappa shape index (κ1) is 16.3. The lowest BCUT2D eigenvalue weighted by atomic mass is 9.97. The summed E-state index contributed by atoms with van der Waals surface area (Å²) >= 11 is 0. The van der Waals surface area contributed by atoms with Crippen LogP contribution in [0.2, 0.25) is 0 Å². The predicted molar refractivity (Wildman–Crippen MR) is 97.6 cm³/mol. The fraction of sp³-hybridized carbons (Fsp3) is 0.250. The minimum absolute atomic E-state index is 0.564. The van der Waals surface area contributed by atoms with Gasteiger partial charge in [0.25, 0.3) is 0 Å². The van der Waals surface area contributed by atoms with Gasteiger partial charge in [-0.25, -0.2) is 4.98 Å². The first-order chi connectivity index (χ1) is 11.7. The van der Waals surface area contributed by atoms with Crippen LogP contribution in [0, 0.1) is 6.92 Å². The van der Waals surface area contributed by atoms with Crippen LogP contribution in [0.3, 0.4) is 0 Å². The van der Waals surface area contributed by atoms with E-state index in [0.29, 0.717) is 19.0 Å². The van der Waals surface area contributed by atoms with Crippen LogP contribution in [0.15, 0.2) is 48.5 Å². The van der Waals surface area contributed by atoms with Crippen LogP contribution in [0.4, 0.5) is 0 Å². The minimum atomic E-state index is 0.564. The molecule has 24 heavy (non-hydrogen) atoms. The fourth-order valence-electron chi connectivity index (χ4n) is 2.84. The maximum atomic E-state index is 5.87. The molecule has 1 heterocycles. The predicted octanol–water partition coefficient (Wildman–Crippen LogP) is 3.95. The van der Waals surface area contributed by atoms with Crippen molar-refractivity contribution in [3.63, 3.8) is 0 Å². The topological polar surface area (TPSA) is 57.4 Å². The molecule has 0 bridgehead atoms. The standard InChI is InChI=1S/C20H22N2O2/c1-14-19(15-7-4-3-5-8-15)18-13-16(23-2)9-10-17(18)20(22-14)24-12-6-11-21/h3-5,7-10,13H,6,11-12,21H2,1-2H3. The summed E-state index contributed by atoms with van der Waals surface area (Å²) in [7, 11) is 1.68. The van der Waals surface area contributed by atoms with Crippen molar-refractivity contribution in [3.8, 4) is 22.8 Å². The van der Waals surface area contributed by atoms with Crippen LogP contribution >= 0.6 is 0 Å². The van der Waals surface area contributed by atoms with E-state index in [4.69, 9.17) is 20.2 Å². The molecule has 0 aliphatic carbocycles. The van der Waals surface area contributed by atoms with E-state index in [1.54, 1.807) is 7.11 Å². The zero-order chi connectivity index (χ0) is 16.9. The number of nitrogens with two attached hydrogens (primary N) is 1. The highest BCUT2D eigenvalue weighted by atomic mass is 16.5. The minimum Gasteiger partial charge on any atom is -0.497 e. The Hall–Kier alpha value is -2.59. The van der Waals surface area contributed by atoms with Crippen LogP contribution in [0.5, 0.6) is 11.6 Å². The molecule has 124 valence electrons. The molecule has 0 spiro atoms. The fourth-order valence-corrected chi connectivity index (χ4v) is 2.84. The summed E-state index contributed by atoms with van der Waals surface area (Å²) in [6.07, 6.45) is 0.804. The van der Waals surface area contributed by atoms with Gasteiger partial charge in [0, 0.05) is 22.0 Å². The molecule has 0 radical (unpaired) electrons. The molecule has 0 saturated carbocycles.